The van der Waals surface area contributed by atoms with Crippen molar-refractivity contribution in [2.45, 2.75) is 59.7 Å². The second-order valence-electron chi connectivity index (χ2n) is 7.45. The van der Waals surface area contributed by atoms with Crippen LogP contribution in [0.1, 0.15) is 53.3 Å². The van der Waals surface area contributed by atoms with E-state index in [1.54, 1.807) is 10.8 Å². The zero-order valence-corrected chi connectivity index (χ0v) is 13.5. The molecule has 0 aromatic carbocycles. The predicted molar refractivity (Wildman–Crippen MR) is 80.2 cm³/mol. The Morgan fingerprint density at radius 3 is 2.10 bits per heavy atom. The number of hydrogen-bond acceptors (Lipinski definition) is 3. The molecule has 2 heterocycles. The van der Waals surface area contributed by atoms with Crippen LogP contribution in [0.5, 0.6) is 0 Å². The summed E-state index contributed by atoms with van der Waals surface area (Å²) in [5, 5.41) is 0. The third-order valence-corrected chi connectivity index (χ3v) is 4.14. The van der Waals surface area contributed by atoms with Crippen LogP contribution < -0.4 is 5.59 Å². The second kappa shape index (κ2) is 4.47. The maximum absolute atomic E-state index is 12.5. The van der Waals surface area contributed by atoms with Crippen LogP contribution >= 0.6 is 0 Å². The number of nitrogens with zero attached hydrogens (tertiary/aromatic N) is 1. The quantitative estimate of drug-likeness (QED) is 0.740. The highest BCUT2D eigenvalue weighted by molar-refractivity contribution is 6.61. The molecule has 0 bridgehead atoms. The molecule has 1 saturated heterocycles. The highest BCUT2D eigenvalue weighted by Gasteiger charge is 2.53. The molecule has 0 aliphatic carbocycles. The van der Waals surface area contributed by atoms with Crippen molar-refractivity contribution < 1.29 is 14.1 Å². The zero-order chi connectivity index (χ0) is 15.3. The Morgan fingerprint density at radius 2 is 1.65 bits per heavy atom. The van der Waals surface area contributed by atoms with Gasteiger partial charge in [0.1, 0.15) is 0 Å². The largest absolute Gasteiger partial charge is 0.512 e. The molecule has 2 rings (SSSR count). The van der Waals surface area contributed by atoms with Crippen LogP contribution in [0.3, 0.4) is 0 Å². The van der Waals surface area contributed by atoms with Gasteiger partial charge in [0.05, 0.1) is 16.8 Å². The van der Waals surface area contributed by atoms with Crippen LogP contribution in [0.15, 0.2) is 18.3 Å². The molecule has 0 unspecified atom stereocenters. The highest BCUT2D eigenvalue weighted by Crippen LogP contribution is 2.36. The fourth-order valence-electron chi connectivity index (χ4n) is 2.10. The maximum Gasteiger partial charge on any atom is 0.512 e. The lowest BCUT2D eigenvalue weighted by Gasteiger charge is -2.32. The lowest BCUT2D eigenvalue weighted by atomic mass is 9.84. The number of hydrogen-bond donors (Lipinski definition) is 0. The Labute approximate surface area is 121 Å². The maximum atomic E-state index is 12.5. The van der Waals surface area contributed by atoms with Crippen molar-refractivity contribution in [3.63, 3.8) is 0 Å². The van der Waals surface area contributed by atoms with Crippen molar-refractivity contribution >= 4 is 18.6 Å². The molecule has 4 nitrogen and oxygen atoms in total. The molecule has 0 saturated carbocycles. The number of aromatic nitrogens is 1. The first kappa shape index (κ1) is 15.3. The summed E-state index contributed by atoms with van der Waals surface area (Å²) in [5.41, 5.74) is -0.504. The van der Waals surface area contributed by atoms with Crippen molar-refractivity contribution in [1.29, 1.82) is 0 Å². The fourth-order valence-corrected chi connectivity index (χ4v) is 2.10. The molecule has 1 aliphatic rings. The molecule has 0 spiro atoms. The Kier molecular flexibility index (Phi) is 3.42. The van der Waals surface area contributed by atoms with Gasteiger partial charge in [0.15, 0.2) is 0 Å². The molecule has 0 N–H and O–H groups in total. The number of carbonyl (C=O) groups excluding carboxylic acids is 1. The third-order valence-electron chi connectivity index (χ3n) is 4.14. The van der Waals surface area contributed by atoms with E-state index in [2.05, 4.69) is 0 Å². The van der Waals surface area contributed by atoms with E-state index in [9.17, 15) is 4.79 Å². The van der Waals surface area contributed by atoms with Crippen molar-refractivity contribution in [1.82, 2.24) is 4.57 Å². The van der Waals surface area contributed by atoms with E-state index < -0.39 is 23.7 Å². The van der Waals surface area contributed by atoms with E-state index in [0.29, 0.717) is 0 Å². The van der Waals surface area contributed by atoms with Crippen LogP contribution in [-0.2, 0) is 9.31 Å². The normalized spacial score (nSPS) is 21.2. The lowest BCUT2D eigenvalue weighted by molar-refractivity contribution is 0.00578. The molecule has 0 amide bonds. The van der Waals surface area contributed by atoms with Gasteiger partial charge in [0, 0.05) is 11.6 Å². The van der Waals surface area contributed by atoms with Gasteiger partial charge in [0.2, 0.25) is 5.91 Å². The topological polar surface area (TPSA) is 40.5 Å². The summed E-state index contributed by atoms with van der Waals surface area (Å²) in [6, 6.07) is 3.73. The molecule has 5 heteroatoms. The molecule has 20 heavy (non-hydrogen) atoms. The minimum Gasteiger partial charge on any atom is -0.398 e. The zero-order valence-electron chi connectivity index (χ0n) is 13.5. The van der Waals surface area contributed by atoms with Crippen LogP contribution in [0.4, 0.5) is 0 Å². The monoisotopic (exact) mass is 277 g/mol. The molecule has 110 valence electrons. The molecule has 1 aromatic rings. The first-order valence-corrected chi connectivity index (χ1v) is 7.03. The summed E-state index contributed by atoms with van der Waals surface area (Å²) in [7, 11) is -0.513. The molecule has 1 fully saturated rings. The second-order valence-corrected chi connectivity index (χ2v) is 7.45. The SMILES string of the molecule is CC(C)(C)C(=O)n1cccc1B1OC(C)(C)C(C)(C)O1. The van der Waals surface area contributed by atoms with Crippen molar-refractivity contribution in [3.05, 3.63) is 18.3 Å². The molecule has 0 atom stereocenters. The van der Waals surface area contributed by atoms with E-state index in [4.69, 9.17) is 9.31 Å². The molecular formula is C15H24BNO3. The number of carbonyl (C=O) groups is 1. The minimum absolute atomic E-state index is 0.0345. The van der Waals surface area contributed by atoms with Gasteiger partial charge >= 0.3 is 7.12 Å². The van der Waals surface area contributed by atoms with Gasteiger partial charge in [-0.25, -0.2) is 0 Å². The Morgan fingerprint density at radius 1 is 1.15 bits per heavy atom. The molecule has 1 aromatic heterocycles. The average Bonchev–Trinajstić information content (AvgIpc) is 2.79. The van der Waals surface area contributed by atoms with Crippen LogP contribution in [0.2, 0.25) is 0 Å². The smallest absolute Gasteiger partial charge is 0.398 e. The summed E-state index contributed by atoms with van der Waals surface area (Å²) < 4.78 is 13.7. The van der Waals surface area contributed by atoms with Crippen LogP contribution in [0.25, 0.3) is 0 Å². The summed E-state index contributed by atoms with van der Waals surface area (Å²) in [4.78, 5) is 12.5. The Bertz CT molecular complexity index is 509. The van der Waals surface area contributed by atoms with E-state index in [1.165, 1.54) is 0 Å². The summed E-state index contributed by atoms with van der Waals surface area (Å²) in [5.74, 6) is 0.0345. The first-order chi connectivity index (χ1) is 8.96. The van der Waals surface area contributed by atoms with Gasteiger partial charge in [-0.2, -0.15) is 0 Å². The van der Waals surface area contributed by atoms with Crippen molar-refractivity contribution in [3.8, 4) is 0 Å². The van der Waals surface area contributed by atoms with Gasteiger partial charge in [-0.3, -0.25) is 9.36 Å². The summed E-state index contributed by atoms with van der Waals surface area (Å²) in [6.45, 7) is 13.7. The van der Waals surface area contributed by atoms with E-state index in [0.717, 1.165) is 5.59 Å². The van der Waals surface area contributed by atoms with E-state index in [-0.39, 0.29) is 5.91 Å². The average molecular weight is 277 g/mol. The Hall–Kier alpha value is -1.07. The van der Waals surface area contributed by atoms with Gasteiger partial charge in [-0.15, -0.1) is 0 Å². The fraction of sp³-hybridized carbons (Fsp3) is 0.667. The molecule has 0 radical (unpaired) electrons. The molecule has 1 aliphatic heterocycles. The van der Waals surface area contributed by atoms with Crippen LogP contribution in [-0.4, -0.2) is 28.8 Å². The lowest BCUT2D eigenvalue weighted by Crippen LogP contribution is -2.43. The standard InChI is InChI=1S/C15H24BNO3/c1-13(2,3)12(18)17-10-8-9-11(17)16-19-14(4,5)15(6,7)20-16/h8-10H,1-7H3. The van der Waals surface area contributed by atoms with Gasteiger partial charge in [-0.05, 0) is 39.8 Å². The van der Waals surface area contributed by atoms with Gasteiger partial charge in [0.25, 0.3) is 0 Å². The summed E-state index contributed by atoms with van der Waals surface area (Å²) in [6.07, 6.45) is 1.77. The van der Waals surface area contributed by atoms with Crippen molar-refractivity contribution in [2.75, 3.05) is 0 Å². The van der Waals surface area contributed by atoms with Gasteiger partial charge in [-0.1, -0.05) is 20.8 Å². The highest BCUT2D eigenvalue weighted by atomic mass is 16.7. The van der Waals surface area contributed by atoms with E-state index >= 15 is 0 Å². The Balaban J connectivity index is 2.34. The number of rotatable bonds is 1. The first-order valence-electron chi connectivity index (χ1n) is 7.03. The van der Waals surface area contributed by atoms with Gasteiger partial charge < -0.3 is 9.31 Å². The third kappa shape index (κ3) is 2.45. The molecular weight excluding hydrogens is 253 g/mol. The van der Waals surface area contributed by atoms with Crippen LogP contribution in [0, 0.1) is 5.41 Å². The minimum atomic E-state index is -0.513. The summed E-state index contributed by atoms with van der Waals surface area (Å²) >= 11 is 0. The van der Waals surface area contributed by atoms with Crippen molar-refractivity contribution in [2.24, 2.45) is 5.41 Å². The van der Waals surface area contributed by atoms with E-state index in [1.807, 2.05) is 60.6 Å². The predicted octanol–water partition coefficient (Wildman–Crippen LogP) is 2.47.